The Balaban J connectivity index is 1.68. The van der Waals surface area contributed by atoms with E-state index in [1.165, 1.54) is 19.2 Å². The lowest BCUT2D eigenvalue weighted by Gasteiger charge is -2.20. The van der Waals surface area contributed by atoms with Crippen LogP contribution in [0.1, 0.15) is 24.2 Å². The number of methoxy groups -OCH3 is 1. The normalized spacial score (nSPS) is 18.5. The Kier molecular flexibility index (Phi) is 6.52. The number of ether oxygens (including phenoxy) is 2. The zero-order valence-electron chi connectivity index (χ0n) is 17.4. The van der Waals surface area contributed by atoms with Crippen molar-refractivity contribution in [1.29, 1.82) is 0 Å². The molecule has 11 heteroatoms. The number of alkyl halides is 2. The minimum atomic E-state index is -2.94. The molecule has 170 valence electrons. The SMILES string of the molecule is COc1ccc(-n2c(COC(F)F)nnc2N2C[C@H](c3ccc(F)cc3Cl)[C@@H](C)C2)cn1. The number of pyridine rings is 1. The molecule has 1 aliphatic rings. The molecule has 0 bridgehead atoms. The second kappa shape index (κ2) is 9.33. The number of benzene rings is 1. The van der Waals surface area contributed by atoms with Gasteiger partial charge in [0.05, 0.1) is 19.0 Å². The Morgan fingerprint density at radius 2 is 2.00 bits per heavy atom. The molecule has 1 aromatic carbocycles. The largest absolute Gasteiger partial charge is 0.481 e. The third-order valence-corrected chi connectivity index (χ3v) is 5.82. The number of aromatic nitrogens is 4. The zero-order valence-corrected chi connectivity index (χ0v) is 18.1. The van der Waals surface area contributed by atoms with Crippen molar-refractivity contribution < 1.29 is 22.6 Å². The molecule has 0 radical (unpaired) electrons. The summed E-state index contributed by atoms with van der Waals surface area (Å²) in [7, 11) is 1.50. The molecule has 3 heterocycles. The van der Waals surface area contributed by atoms with E-state index in [2.05, 4.69) is 26.8 Å². The standard InChI is InChI=1S/C21H21ClF3N5O2/c1-12-9-29(10-16(12)15-5-3-13(23)7-17(15)22)21-28-27-18(11-32-20(24)25)30(21)14-4-6-19(31-2)26-8-14/h3-8,12,16,20H,9-11H2,1-2H3/t12-,16-/m0/s1. The lowest BCUT2D eigenvalue weighted by molar-refractivity contribution is -0.139. The van der Waals surface area contributed by atoms with Crippen LogP contribution in [0.5, 0.6) is 5.88 Å². The summed E-state index contributed by atoms with van der Waals surface area (Å²) in [5.41, 5.74) is 1.43. The van der Waals surface area contributed by atoms with Gasteiger partial charge >= 0.3 is 6.61 Å². The van der Waals surface area contributed by atoms with Crippen molar-refractivity contribution in [3.63, 3.8) is 0 Å². The fourth-order valence-electron chi connectivity index (χ4n) is 3.97. The van der Waals surface area contributed by atoms with Crippen molar-refractivity contribution in [1.82, 2.24) is 19.7 Å². The van der Waals surface area contributed by atoms with Crippen LogP contribution in [-0.2, 0) is 11.3 Å². The van der Waals surface area contributed by atoms with Gasteiger partial charge in [-0.3, -0.25) is 4.57 Å². The molecular formula is C21H21ClF3N5O2. The molecule has 2 atom stereocenters. The summed E-state index contributed by atoms with van der Waals surface area (Å²) in [5, 5.41) is 8.71. The van der Waals surface area contributed by atoms with E-state index < -0.39 is 19.0 Å². The summed E-state index contributed by atoms with van der Waals surface area (Å²) in [6, 6.07) is 7.78. The molecule has 2 aromatic heterocycles. The predicted octanol–water partition coefficient (Wildman–Crippen LogP) is 4.44. The van der Waals surface area contributed by atoms with Gasteiger partial charge in [-0.15, -0.1) is 10.2 Å². The highest BCUT2D eigenvalue weighted by Crippen LogP contribution is 2.38. The second-order valence-corrected chi connectivity index (χ2v) is 7.94. The number of hydrogen-bond donors (Lipinski definition) is 0. The smallest absolute Gasteiger partial charge is 0.345 e. The Bertz CT molecular complexity index is 1080. The lowest BCUT2D eigenvalue weighted by Crippen LogP contribution is -2.24. The molecule has 0 amide bonds. The number of halogens is 4. The van der Waals surface area contributed by atoms with Gasteiger partial charge in [0.1, 0.15) is 12.4 Å². The number of nitrogens with zero attached hydrogens (tertiary/aromatic N) is 5. The highest BCUT2D eigenvalue weighted by molar-refractivity contribution is 6.31. The summed E-state index contributed by atoms with van der Waals surface area (Å²) in [6.45, 7) is -0.122. The van der Waals surface area contributed by atoms with Crippen LogP contribution in [0.2, 0.25) is 5.02 Å². The third-order valence-electron chi connectivity index (χ3n) is 5.50. The molecule has 32 heavy (non-hydrogen) atoms. The molecule has 1 saturated heterocycles. The molecule has 3 aromatic rings. The summed E-state index contributed by atoms with van der Waals surface area (Å²) in [4.78, 5) is 6.19. The maximum absolute atomic E-state index is 13.5. The number of anilines is 1. The minimum Gasteiger partial charge on any atom is -0.481 e. The molecule has 1 fully saturated rings. The highest BCUT2D eigenvalue weighted by atomic mass is 35.5. The average molecular weight is 468 g/mol. The van der Waals surface area contributed by atoms with Gasteiger partial charge in [-0.2, -0.15) is 8.78 Å². The maximum Gasteiger partial charge on any atom is 0.345 e. The van der Waals surface area contributed by atoms with Crippen LogP contribution in [0, 0.1) is 11.7 Å². The minimum absolute atomic E-state index is 0.0306. The number of hydrogen-bond acceptors (Lipinski definition) is 6. The van der Waals surface area contributed by atoms with E-state index in [1.807, 2.05) is 4.90 Å². The fourth-order valence-corrected chi connectivity index (χ4v) is 4.28. The third kappa shape index (κ3) is 4.51. The fraction of sp³-hybridized carbons (Fsp3) is 0.381. The molecule has 0 aliphatic carbocycles. The van der Waals surface area contributed by atoms with E-state index in [-0.39, 0.29) is 17.7 Å². The Hall–Kier alpha value is -2.85. The number of rotatable bonds is 7. The first kappa shape index (κ1) is 22.3. The first-order valence-corrected chi connectivity index (χ1v) is 10.3. The van der Waals surface area contributed by atoms with Crippen LogP contribution < -0.4 is 9.64 Å². The van der Waals surface area contributed by atoms with Crippen LogP contribution in [0.3, 0.4) is 0 Å². The van der Waals surface area contributed by atoms with E-state index in [0.717, 1.165) is 5.56 Å². The van der Waals surface area contributed by atoms with Gasteiger partial charge in [-0.05, 0) is 29.7 Å². The molecule has 1 aliphatic heterocycles. The first-order chi connectivity index (χ1) is 15.4. The predicted molar refractivity (Wildman–Crippen MR) is 112 cm³/mol. The van der Waals surface area contributed by atoms with E-state index in [9.17, 15) is 13.2 Å². The molecule has 0 spiro atoms. The van der Waals surface area contributed by atoms with Gasteiger partial charge in [0.25, 0.3) is 0 Å². The lowest BCUT2D eigenvalue weighted by atomic mass is 9.90. The van der Waals surface area contributed by atoms with Crippen molar-refractivity contribution in [3.8, 4) is 11.6 Å². The van der Waals surface area contributed by atoms with Crippen LogP contribution >= 0.6 is 11.6 Å². The van der Waals surface area contributed by atoms with Crippen molar-refractivity contribution >= 4 is 17.5 Å². The molecule has 0 saturated carbocycles. The van der Waals surface area contributed by atoms with E-state index in [1.54, 1.807) is 29.0 Å². The summed E-state index contributed by atoms with van der Waals surface area (Å²) >= 11 is 6.30. The summed E-state index contributed by atoms with van der Waals surface area (Å²) in [6.07, 6.45) is 1.55. The second-order valence-electron chi connectivity index (χ2n) is 7.54. The van der Waals surface area contributed by atoms with Gasteiger partial charge in [0.2, 0.25) is 11.8 Å². The van der Waals surface area contributed by atoms with Gasteiger partial charge in [-0.25, -0.2) is 9.37 Å². The molecule has 4 rings (SSSR count). The quantitative estimate of drug-likeness (QED) is 0.512. The summed E-state index contributed by atoms with van der Waals surface area (Å²) in [5.74, 6) is 0.910. The van der Waals surface area contributed by atoms with Crippen molar-refractivity contribution in [2.75, 3.05) is 25.1 Å². The van der Waals surface area contributed by atoms with Crippen molar-refractivity contribution in [2.45, 2.75) is 26.1 Å². The Labute approximate surface area is 187 Å². The van der Waals surface area contributed by atoms with Crippen molar-refractivity contribution in [2.24, 2.45) is 5.92 Å². The van der Waals surface area contributed by atoms with Crippen molar-refractivity contribution in [3.05, 3.63) is 58.8 Å². The van der Waals surface area contributed by atoms with Crippen LogP contribution in [0.15, 0.2) is 36.5 Å². The van der Waals surface area contributed by atoms with E-state index in [4.69, 9.17) is 16.3 Å². The molecule has 0 unspecified atom stereocenters. The topological polar surface area (TPSA) is 65.3 Å². The van der Waals surface area contributed by atoms with Gasteiger partial charge in [0, 0.05) is 30.1 Å². The molecule has 7 nitrogen and oxygen atoms in total. The van der Waals surface area contributed by atoms with E-state index in [0.29, 0.717) is 35.6 Å². The summed E-state index contributed by atoms with van der Waals surface area (Å²) < 4.78 is 50.0. The van der Waals surface area contributed by atoms with Gasteiger partial charge < -0.3 is 14.4 Å². The van der Waals surface area contributed by atoms with Crippen LogP contribution in [0.4, 0.5) is 19.1 Å². The zero-order chi connectivity index (χ0) is 22.8. The van der Waals surface area contributed by atoms with E-state index >= 15 is 0 Å². The Morgan fingerprint density at radius 1 is 1.19 bits per heavy atom. The monoisotopic (exact) mass is 467 g/mol. The average Bonchev–Trinajstić information content (AvgIpc) is 3.36. The molecular weight excluding hydrogens is 447 g/mol. The molecule has 0 N–H and O–H groups in total. The van der Waals surface area contributed by atoms with Gasteiger partial charge in [-0.1, -0.05) is 24.6 Å². The van der Waals surface area contributed by atoms with Gasteiger partial charge in [0.15, 0.2) is 5.82 Å². The first-order valence-electron chi connectivity index (χ1n) is 9.91. The van der Waals surface area contributed by atoms with Crippen LogP contribution in [-0.4, -0.2) is 46.6 Å². The maximum atomic E-state index is 13.5. The Morgan fingerprint density at radius 3 is 2.66 bits per heavy atom. The highest BCUT2D eigenvalue weighted by Gasteiger charge is 2.35. The van der Waals surface area contributed by atoms with Crippen LogP contribution in [0.25, 0.3) is 5.69 Å².